The summed E-state index contributed by atoms with van der Waals surface area (Å²) < 4.78 is 5.81. The summed E-state index contributed by atoms with van der Waals surface area (Å²) in [6.45, 7) is 7.98. The van der Waals surface area contributed by atoms with E-state index in [1.165, 1.54) is 5.69 Å². The molecule has 3 rings (SSSR count). The summed E-state index contributed by atoms with van der Waals surface area (Å²) in [7, 11) is 0. The predicted molar refractivity (Wildman–Crippen MR) is 103 cm³/mol. The topological polar surface area (TPSA) is 41.6 Å². The number of nitrogens with zero attached hydrogens (tertiary/aromatic N) is 1. The van der Waals surface area contributed by atoms with Crippen LogP contribution in [0.4, 0.5) is 5.69 Å². The van der Waals surface area contributed by atoms with Crippen molar-refractivity contribution in [1.82, 2.24) is 5.32 Å². The van der Waals surface area contributed by atoms with Gasteiger partial charge in [-0.2, -0.15) is 0 Å². The largest absolute Gasteiger partial charge is 0.489 e. The van der Waals surface area contributed by atoms with Crippen LogP contribution in [0.1, 0.15) is 32.8 Å². The number of nitrogens with one attached hydrogen (secondary N) is 1. The maximum Gasteiger partial charge on any atom is 0.217 e. The van der Waals surface area contributed by atoms with Crippen LogP contribution in [0.15, 0.2) is 54.6 Å². The molecule has 1 aliphatic heterocycles. The van der Waals surface area contributed by atoms with Gasteiger partial charge >= 0.3 is 0 Å². The van der Waals surface area contributed by atoms with E-state index in [-0.39, 0.29) is 11.9 Å². The molecule has 134 valence electrons. The molecule has 0 saturated carbocycles. The quantitative estimate of drug-likeness (QED) is 0.894. The standard InChI is InChI=1S/C19H22N2O2.C2H6/c1-15(22)20-17-11-12-21(13-17)18-7-9-19(10-8-18)23-14-16-5-3-2-4-6-16;1-2/h2-10,17H,11-14H2,1H3,(H,20,22);1-2H3. The van der Waals surface area contributed by atoms with Gasteiger partial charge in [-0.15, -0.1) is 0 Å². The number of hydrogen-bond acceptors (Lipinski definition) is 3. The van der Waals surface area contributed by atoms with Gasteiger partial charge in [-0.1, -0.05) is 44.2 Å². The summed E-state index contributed by atoms with van der Waals surface area (Å²) in [4.78, 5) is 13.4. The maximum absolute atomic E-state index is 11.1. The Kier molecular flexibility index (Phi) is 7.33. The molecular weight excluding hydrogens is 312 g/mol. The fourth-order valence-electron chi connectivity index (χ4n) is 2.89. The van der Waals surface area contributed by atoms with Crippen LogP contribution in [0, 0.1) is 0 Å². The molecule has 1 N–H and O–H groups in total. The summed E-state index contributed by atoms with van der Waals surface area (Å²) in [6.07, 6.45) is 0.992. The minimum Gasteiger partial charge on any atom is -0.489 e. The Morgan fingerprint density at radius 2 is 1.80 bits per heavy atom. The van der Waals surface area contributed by atoms with Crippen LogP contribution in [-0.4, -0.2) is 25.0 Å². The molecule has 1 saturated heterocycles. The molecule has 1 unspecified atom stereocenters. The van der Waals surface area contributed by atoms with Crippen molar-refractivity contribution in [1.29, 1.82) is 0 Å². The zero-order valence-corrected chi connectivity index (χ0v) is 15.4. The van der Waals surface area contributed by atoms with Gasteiger partial charge in [0.25, 0.3) is 0 Å². The highest BCUT2D eigenvalue weighted by atomic mass is 16.5. The number of hydrogen-bond donors (Lipinski definition) is 1. The Morgan fingerprint density at radius 3 is 2.44 bits per heavy atom. The second kappa shape index (κ2) is 9.72. The molecule has 2 aromatic carbocycles. The second-order valence-electron chi connectivity index (χ2n) is 5.90. The van der Waals surface area contributed by atoms with Crippen LogP contribution in [0.3, 0.4) is 0 Å². The van der Waals surface area contributed by atoms with Crippen molar-refractivity contribution in [2.45, 2.75) is 39.8 Å². The Labute approximate surface area is 150 Å². The Hall–Kier alpha value is -2.49. The van der Waals surface area contributed by atoms with E-state index in [0.29, 0.717) is 6.61 Å². The fraction of sp³-hybridized carbons (Fsp3) is 0.381. The van der Waals surface area contributed by atoms with Crippen molar-refractivity contribution in [3.05, 3.63) is 60.2 Å². The van der Waals surface area contributed by atoms with Crippen LogP contribution in [0.5, 0.6) is 5.75 Å². The monoisotopic (exact) mass is 340 g/mol. The molecule has 4 heteroatoms. The summed E-state index contributed by atoms with van der Waals surface area (Å²) in [5.41, 5.74) is 2.33. The van der Waals surface area contributed by atoms with E-state index in [2.05, 4.69) is 34.5 Å². The molecule has 1 heterocycles. The van der Waals surface area contributed by atoms with Crippen LogP contribution in [-0.2, 0) is 11.4 Å². The van der Waals surface area contributed by atoms with E-state index in [4.69, 9.17) is 4.74 Å². The molecule has 1 aliphatic rings. The molecule has 1 atom stereocenters. The van der Waals surface area contributed by atoms with Crippen LogP contribution >= 0.6 is 0 Å². The Bertz CT molecular complexity index is 641. The highest BCUT2D eigenvalue weighted by molar-refractivity contribution is 5.73. The first-order chi connectivity index (χ1) is 12.2. The lowest BCUT2D eigenvalue weighted by Crippen LogP contribution is -2.35. The van der Waals surface area contributed by atoms with Gasteiger partial charge < -0.3 is 15.0 Å². The average Bonchev–Trinajstić information content (AvgIpc) is 3.11. The summed E-state index contributed by atoms with van der Waals surface area (Å²) in [5, 5.41) is 2.99. The number of carbonyl (C=O) groups is 1. The smallest absolute Gasteiger partial charge is 0.217 e. The first kappa shape index (κ1) is 18.8. The van der Waals surface area contributed by atoms with Crippen LogP contribution < -0.4 is 15.0 Å². The molecule has 25 heavy (non-hydrogen) atoms. The number of ether oxygens (including phenoxy) is 1. The lowest BCUT2D eigenvalue weighted by atomic mass is 10.2. The van der Waals surface area contributed by atoms with E-state index < -0.39 is 0 Å². The van der Waals surface area contributed by atoms with Crippen LogP contribution in [0.2, 0.25) is 0 Å². The van der Waals surface area contributed by atoms with Crippen molar-refractivity contribution >= 4 is 11.6 Å². The molecule has 4 nitrogen and oxygen atoms in total. The molecule has 0 bridgehead atoms. The number of amides is 1. The van der Waals surface area contributed by atoms with Crippen molar-refractivity contribution < 1.29 is 9.53 Å². The molecule has 0 spiro atoms. The van der Waals surface area contributed by atoms with Gasteiger partial charge in [-0.3, -0.25) is 4.79 Å². The number of anilines is 1. The number of carbonyl (C=O) groups excluding carboxylic acids is 1. The molecule has 1 fully saturated rings. The van der Waals surface area contributed by atoms with Crippen molar-refractivity contribution in [3.63, 3.8) is 0 Å². The first-order valence-corrected chi connectivity index (χ1v) is 8.99. The zero-order valence-electron chi connectivity index (χ0n) is 15.4. The molecular formula is C21H28N2O2. The van der Waals surface area contributed by atoms with E-state index in [1.54, 1.807) is 6.92 Å². The summed E-state index contributed by atoms with van der Waals surface area (Å²) >= 11 is 0. The lowest BCUT2D eigenvalue weighted by molar-refractivity contribution is -0.119. The fourth-order valence-corrected chi connectivity index (χ4v) is 2.89. The zero-order chi connectivity index (χ0) is 18.1. The van der Waals surface area contributed by atoms with E-state index >= 15 is 0 Å². The molecule has 1 amide bonds. The number of rotatable bonds is 5. The SMILES string of the molecule is CC.CC(=O)NC1CCN(c2ccc(OCc3ccccc3)cc2)C1. The van der Waals surface area contributed by atoms with Gasteiger partial charge in [-0.25, -0.2) is 0 Å². The lowest BCUT2D eigenvalue weighted by Gasteiger charge is -2.19. The predicted octanol–water partition coefficient (Wildman–Crippen LogP) is 4.01. The summed E-state index contributed by atoms with van der Waals surface area (Å²) in [6, 6.07) is 18.6. The van der Waals surface area contributed by atoms with Crippen molar-refractivity contribution in [2.75, 3.05) is 18.0 Å². The van der Waals surface area contributed by atoms with Gasteiger partial charge in [0.15, 0.2) is 0 Å². The molecule has 0 aliphatic carbocycles. The van der Waals surface area contributed by atoms with Gasteiger partial charge in [0.05, 0.1) is 0 Å². The normalized spacial score (nSPS) is 16.0. The van der Waals surface area contributed by atoms with Gasteiger partial charge in [-0.05, 0) is 36.2 Å². The van der Waals surface area contributed by atoms with Crippen molar-refractivity contribution in [3.8, 4) is 5.75 Å². The highest BCUT2D eigenvalue weighted by Gasteiger charge is 2.23. The minimum atomic E-state index is 0.0431. The van der Waals surface area contributed by atoms with E-state index in [9.17, 15) is 4.79 Å². The van der Waals surface area contributed by atoms with E-state index in [1.807, 2.05) is 44.2 Å². The van der Waals surface area contributed by atoms with Gasteiger partial charge in [0.1, 0.15) is 12.4 Å². The van der Waals surface area contributed by atoms with Gasteiger partial charge in [0.2, 0.25) is 5.91 Å². The third-order valence-corrected chi connectivity index (χ3v) is 4.05. The highest BCUT2D eigenvalue weighted by Crippen LogP contribution is 2.23. The first-order valence-electron chi connectivity index (χ1n) is 8.99. The second-order valence-corrected chi connectivity index (χ2v) is 5.90. The third-order valence-electron chi connectivity index (χ3n) is 4.05. The number of benzene rings is 2. The third kappa shape index (κ3) is 5.82. The Morgan fingerprint density at radius 1 is 1.12 bits per heavy atom. The Balaban J connectivity index is 0.00000109. The van der Waals surface area contributed by atoms with Crippen molar-refractivity contribution in [2.24, 2.45) is 0 Å². The van der Waals surface area contributed by atoms with Crippen LogP contribution in [0.25, 0.3) is 0 Å². The van der Waals surface area contributed by atoms with Gasteiger partial charge in [0, 0.05) is 31.7 Å². The molecule has 0 aromatic heterocycles. The molecule has 0 radical (unpaired) electrons. The maximum atomic E-state index is 11.1. The van der Waals surface area contributed by atoms with E-state index in [0.717, 1.165) is 30.8 Å². The molecule has 2 aromatic rings. The minimum absolute atomic E-state index is 0.0431. The average molecular weight is 340 g/mol. The summed E-state index contributed by atoms with van der Waals surface area (Å²) in [5.74, 6) is 0.914.